The predicted molar refractivity (Wildman–Crippen MR) is 83.2 cm³/mol. The van der Waals surface area contributed by atoms with Crippen molar-refractivity contribution in [3.05, 3.63) is 21.3 Å². The fourth-order valence-corrected chi connectivity index (χ4v) is 3.60. The minimum Gasteiger partial charge on any atom is -0.353 e. The van der Waals surface area contributed by atoms with Crippen molar-refractivity contribution in [2.45, 2.75) is 38.1 Å². The maximum Gasteiger partial charge on any atom is 0.220 e. The molecule has 0 saturated heterocycles. The van der Waals surface area contributed by atoms with Gasteiger partial charge in [-0.05, 0) is 43.9 Å². The van der Waals surface area contributed by atoms with Crippen LogP contribution in [0.4, 0.5) is 0 Å². The Morgan fingerprint density at radius 1 is 1.47 bits per heavy atom. The molecule has 108 valence electrons. The number of rotatable bonds is 5. The molecule has 19 heavy (non-hydrogen) atoms. The number of halogens is 2. The van der Waals surface area contributed by atoms with E-state index in [2.05, 4.69) is 5.32 Å². The maximum absolute atomic E-state index is 11.9. The molecule has 0 bridgehead atoms. The molecule has 2 rings (SSSR count). The standard InChI is InChI=1S/C13H19ClN2OS.ClH/c14-12-6-4-10(18-12)5-7-13(17)16-11-3-1-2-9(11)8-15;/h4,6,9,11H,1-3,5,7-8,15H2,(H,16,17);1H. The van der Waals surface area contributed by atoms with Crippen LogP contribution in [0.25, 0.3) is 0 Å². The van der Waals surface area contributed by atoms with Gasteiger partial charge in [-0.3, -0.25) is 4.79 Å². The van der Waals surface area contributed by atoms with Crippen molar-refractivity contribution in [1.82, 2.24) is 5.32 Å². The van der Waals surface area contributed by atoms with Crippen molar-refractivity contribution in [3.8, 4) is 0 Å². The predicted octanol–water partition coefficient (Wildman–Crippen LogP) is 3.00. The molecular weight excluding hydrogens is 303 g/mol. The van der Waals surface area contributed by atoms with Crippen LogP contribution in [-0.2, 0) is 11.2 Å². The third-order valence-corrected chi connectivity index (χ3v) is 4.83. The molecule has 3 N–H and O–H groups in total. The molecule has 0 aliphatic heterocycles. The molecule has 0 radical (unpaired) electrons. The molecule has 1 amide bonds. The average molecular weight is 323 g/mol. The smallest absolute Gasteiger partial charge is 0.220 e. The Balaban J connectivity index is 0.00000180. The van der Waals surface area contributed by atoms with Gasteiger partial charge in [0.1, 0.15) is 0 Å². The number of aryl methyl sites for hydroxylation is 1. The minimum absolute atomic E-state index is 0. The third-order valence-electron chi connectivity index (χ3n) is 3.54. The van der Waals surface area contributed by atoms with Crippen LogP contribution in [-0.4, -0.2) is 18.5 Å². The highest BCUT2D eigenvalue weighted by molar-refractivity contribution is 7.16. The number of hydrogen-bond acceptors (Lipinski definition) is 3. The zero-order valence-electron chi connectivity index (χ0n) is 10.7. The highest BCUT2D eigenvalue weighted by Gasteiger charge is 2.26. The van der Waals surface area contributed by atoms with Crippen LogP contribution in [0, 0.1) is 5.92 Å². The third kappa shape index (κ3) is 4.95. The first-order chi connectivity index (χ1) is 8.69. The van der Waals surface area contributed by atoms with E-state index in [0.717, 1.165) is 28.5 Å². The van der Waals surface area contributed by atoms with Gasteiger partial charge in [-0.15, -0.1) is 23.7 Å². The van der Waals surface area contributed by atoms with Gasteiger partial charge in [0.15, 0.2) is 0 Å². The fourth-order valence-electron chi connectivity index (χ4n) is 2.51. The Kier molecular flexibility index (Phi) is 7.15. The summed E-state index contributed by atoms with van der Waals surface area (Å²) < 4.78 is 0.782. The van der Waals surface area contributed by atoms with Gasteiger partial charge < -0.3 is 11.1 Å². The molecule has 1 aromatic rings. The second-order valence-corrected chi connectivity index (χ2v) is 6.61. The zero-order chi connectivity index (χ0) is 13.0. The number of hydrogen-bond donors (Lipinski definition) is 2. The SMILES string of the molecule is Cl.NCC1CCCC1NC(=O)CCc1ccc(Cl)s1. The van der Waals surface area contributed by atoms with Crippen LogP contribution in [0.1, 0.15) is 30.6 Å². The largest absolute Gasteiger partial charge is 0.353 e. The summed E-state index contributed by atoms with van der Waals surface area (Å²) in [6, 6.07) is 4.15. The van der Waals surface area contributed by atoms with Crippen molar-refractivity contribution < 1.29 is 4.79 Å². The molecule has 1 aromatic heterocycles. The van der Waals surface area contributed by atoms with Crippen LogP contribution in [0.3, 0.4) is 0 Å². The Morgan fingerprint density at radius 2 is 2.26 bits per heavy atom. The average Bonchev–Trinajstić information content (AvgIpc) is 2.95. The number of carbonyl (C=O) groups is 1. The van der Waals surface area contributed by atoms with E-state index in [-0.39, 0.29) is 24.4 Å². The molecule has 1 fully saturated rings. The van der Waals surface area contributed by atoms with Crippen LogP contribution >= 0.6 is 35.3 Å². The van der Waals surface area contributed by atoms with Gasteiger partial charge in [0.2, 0.25) is 5.91 Å². The summed E-state index contributed by atoms with van der Waals surface area (Å²) in [5.74, 6) is 0.593. The lowest BCUT2D eigenvalue weighted by Gasteiger charge is -2.19. The quantitative estimate of drug-likeness (QED) is 0.875. The molecular formula is C13H20Cl2N2OS. The van der Waals surface area contributed by atoms with Gasteiger partial charge in [0.25, 0.3) is 0 Å². The van der Waals surface area contributed by atoms with Crippen LogP contribution in [0.5, 0.6) is 0 Å². The van der Waals surface area contributed by atoms with Crippen molar-refractivity contribution in [3.63, 3.8) is 0 Å². The molecule has 0 aromatic carbocycles. The number of nitrogens with two attached hydrogens (primary N) is 1. The summed E-state index contributed by atoms with van der Waals surface area (Å²) in [5, 5.41) is 3.11. The lowest BCUT2D eigenvalue weighted by Crippen LogP contribution is -2.39. The van der Waals surface area contributed by atoms with E-state index in [4.69, 9.17) is 17.3 Å². The molecule has 0 spiro atoms. The van der Waals surface area contributed by atoms with Crippen molar-refractivity contribution in [2.75, 3.05) is 6.54 Å². The van der Waals surface area contributed by atoms with Crippen molar-refractivity contribution >= 4 is 41.3 Å². The van der Waals surface area contributed by atoms with E-state index in [9.17, 15) is 4.79 Å². The lowest BCUT2D eigenvalue weighted by molar-refractivity contribution is -0.121. The van der Waals surface area contributed by atoms with Gasteiger partial charge >= 0.3 is 0 Å². The molecule has 1 aliphatic carbocycles. The first kappa shape index (κ1) is 16.8. The van der Waals surface area contributed by atoms with Crippen LogP contribution < -0.4 is 11.1 Å². The normalized spacial score (nSPS) is 22.0. The number of amides is 1. The summed E-state index contributed by atoms with van der Waals surface area (Å²) >= 11 is 7.40. The van der Waals surface area contributed by atoms with Gasteiger partial charge in [-0.1, -0.05) is 18.0 Å². The highest BCUT2D eigenvalue weighted by atomic mass is 35.5. The topological polar surface area (TPSA) is 55.1 Å². The molecule has 2 unspecified atom stereocenters. The number of nitrogens with one attached hydrogen (secondary N) is 1. The second-order valence-electron chi connectivity index (χ2n) is 4.81. The van der Waals surface area contributed by atoms with Crippen molar-refractivity contribution in [1.29, 1.82) is 0 Å². The summed E-state index contributed by atoms with van der Waals surface area (Å²) in [6.45, 7) is 0.672. The maximum atomic E-state index is 11.9. The van der Waals surface area contributed by atoms with Crippen molar-refractivity contribution in [2.24, 2.45) is 11.7 Å². The minimum atomic E-state index is 0. The Labute approximate surface area is 129 Å². The van der Waals surface area contributed by atoms with Crippen LogP contribution in [0.15, 0.2) is 12.1 Å². The fraction of sp³-hybridized carbons (Fsp3) is 0.615. The van der Waals surface area contributed by atoms with E-state index in [1.165, 1.54) is 6.42 Å². The molecule has 1 heterocycles. The monoisotopic (exact) mass is 322 g/mol. The van der Waals surface area contributed by atoms with Gasteiger partial charge in [0, 0.05) is 17.3 Å². The van der Waals surface area contributed by atoms with E-state index in [1.54, 1.807) is 11.3 Å². The number of thiophene rings is 1. The van der Waals surface area contributed by atoms with E-state index < -0.39 is 0 Å². The Morgan fingerprint density at radius 3 is 2.89 bits per heavy atom. The molecule has 3 nitrogen and oxygen atoms in total. The summed E-state index contributed by atoms with van der Waals surface area (Å²) in [5.41, 5.74) is 5.70. The molecule has 1 saturated carbocycles. The highest BCUT2D eigenvalue weighted by Crippen LogP contribution is 2.25. The summed E-state index contributed by atoms with van der Waals surface area (Å²) in [6.07, 6.45) is 4.68. The van der Waals surface area contributed by atoms with Gasteiger partial charge in [-0.25, -0.2) is 0 Å². The lowest BCUT2D eigenvalue weighted by atomic mass is 10.0. The number of carbonyl (C=O) groups excluding carboxylic acids is 1. The summed E-state index contributed by atoms with van der Waals surface area (Å²) in [7, 11) is 0. The van der Waals surface area contributed by atoms with Crippen LogP contribution in [0.2, 0.25) is 4.34 Å². The van der Waals surface area contributed by atoms with E-state index >= 15 is 0 Å². The second kappa shape index (κ2) is 8.10. The Hall–Kier alpha value is -0.290. The summed E-state index contributed by atoms with van der Waals surface area (Å²) in [4.78, 5) is 13.0. The molecule has 6 heteroatoms. The zero-order valence-corrected chi connectivity index (χ0v) is 13.1. The Bertz CT molecular complexity index is 411. The van der Waals surface area contributed by atoms with Gasteiger partial charge in [-0.2, -0.15) is 0 Å². The van der Waals surface area contributed by atoms with E-state index in [0.29, 0.717) is 18.9 Å². The first-order valence-corrected chi connectivity index (χ1v) is 7.62. The van der Waals surface area contributed by atoms with Gasteiger partial charge in [0.05, 0.1) is 4.34 Å². The molecule has 1 aliphatic rings. The molecule has 2 atom stereocenters. The van der Waals surface area contributed by atoms with E-state index in [1.807, 2.05) is 12.1 Å². The first-order valence-electron chi connectivity index (χ1n) is 6.42.